The summed E-state index contributed by atoms with van der Waals surface area (Å²) in [6.45, 7) is 0. The van der Waals surface area contributed by atoms with Gasteiger partial charge >= 0.3 is 12.1 Å². The fraction of sp³-hybridized carbons (Fsp3) is 0.182. The summed E-state index contributed by atoms with van der Waals surface area (Å²) in [5.41, 5.74) is -0.636. The quantitative estimate of drug-likeness (QED) is 0.646. The molecule has 1 atom stereocenters. The zero-order chi connectivity index (χ0) is 21.0. The number of nitrogens with one attached hydrogen (secondary N) is 1. The maximum absolute atomic E-state index is 13.3. The highest BCUT2D eigenvalue weighted by atomic mass is 19.4. The lowest BCUT2D eigenvalue weighted by atomic mass is 9.99. The Bertz CT molecular complexity index is 1040. The van der Waals surface area contributed by atoms with E-state index in [0.717, 1.165) is 18.6 Å². The van der Waals surface area contributed by atoms with E-state index in [2.05, 4.69) is 5.32 Å². The average Bonchev–Trinajstić information content (AvgIpc) is 2.71. The van der Waals surface area contributed by atoms with E-state index in [-0.39, 0.29) is 12.0 Å². The number of hydrogen-bond donors (Lipinski definition) is 1. The van der Waals surface area contributed by atoms with Crippen LogP contribution in [-0.4, -0.2) is 25.0 Å². The van der Waals surface area contributed by atoms with Crippen molar-refractivity contribution in [3.8, 4) is 0 Å². The molecule has 0 aromatic heterocycles. The molecule has 7 heteroatoms. The lowest BCUT2D eigenvalue weighted by Crippen LogP contribution is -2.43. The smallest absolute Gasteiger partial charge is 0.416 e. The molecule has 0 bridgehead atoms. The first-order chi connectivity index (χ1) is 13.8. The van der Waals surface area contributed by atoms with Crippen molar-refractivity contribution >= 4 is 22.6 Å². The summed E-state index contributed by atoms with van der Waals surface area (Å²) < 4.78 is 44.5. The zero-order valence-electron chi connectivity index (χ0n) is 15.5. The van der Waals surface area contributed by atoms with E-state index in [1.807, 2.05) is 18.2 Å². The molecular weight excluding hydrogens is 383 g/mol. The number of esters is 1. The second kappa shape index (κ2) is 8.34. The molecular formula is C22H18F3NO3. The SMILES string of the molecule is COC(=O)[C@H](Cc1ccccc1C(F)(F)F)NC(=O)c1cccc2ccccc12. The van der Waals surface area contributed by atoms with Crippen LogP contribution in [0.5, 0.6) is 0 Å². The van der Waals surface area contributed by atoms with Crippen LogP contribution in [0.1, 0.15) is 21.5 Å². The summed E-state index contributed by atoms with van der Waals surface area (Å²) >= 11 is 0. The summed E-state index contributed by atoms with van der Waals surface area (Å²) in [5.74, 6) is -1.39. The van der Waals surface area contributed by atoms with Crippen molar-refractivity contribution in [2.24, 2.45) is 0 Å². The number of rotatable bonds is 5. The molecule has 0 radical (unpaired) electrons. The van der Waals surface area contributed by atoms with Crippen molar-refractivity contribution in [2.75, 3.05) is 7.11 Å². The molecule has 3 rings (SSSR count). The molecule has 0 saturated heterocycles. The average molecular weight is 401 g/mol. The lowest BCUT2D eigenvalue weighted by Gasteiger charge is -2.19. The highest BCUT2D eigenvalue weighted by Crippen LogP contribution is 2.32. The number of halogens is 3. The van der Waals surface area contributed by atoms with Crippen LogP contribution < -0.4 is 5.32 Å². The van der Waals surface area contributed by atoms with Gasteiger partial charge in [0.2, 0.25) is 0 Å². The lowest BCUT2D eigenvalue weighted by molar-refractivity contribution is -0.144. The Morgan fingerprint density at radius 1 is 0.966 bits per heavy atom. The first-order valence-electron chi connectivity index (χ1n) is 8.83. The maximum atomic E-state index is 13.3. The van der Waals surface area contributed by atoms with E-state index in [1.54, 1.807) is 24.3 Å². The first kappa shape index (κ1) is 20.4. The van der Waals surface area contributed by atoms with Crippen LogP contribution in [0.2, 0.25) is 0 Å². The molecule has 0 aliphatic carbocycles. The van der Waals surface area contributed by atoms with Gasteiger partial charge in [-0.1, -0.05) is 54.6 Å². The number of hydrogen-bond acceptors (Lipinski definition) is 3. The minimum Gasteiger partial charge on any atom is -0.467 e. The van der Waals surface area contributed by atoms with E-state index in [0.29, 0.717) is 10.9 Å². The Labute approximate surface area is 165 Å². The number of alkyl halides is 3. The van der Waals surface area contributed by atoms with Crippen LogP contribution >= 0.6 is 0 Å². The normalized spacial score (nSPS) is 12.4. The standard InChI is InChI=1S/C22H18F3NO3/c1-29-21(28)19(13-15-8-3-5-12-18(15)22(23,24)25)26-20(27)17-11-6-9-14-7-2-4-10-16(14)17/h2-12,19H,13H2,1H3,(H,26,27)/t19-/m0/s1. The zero-order valence-corrected chi connectivity index (χ0v) is 15.5. The van der Waals surface area contributed by atoms with Crippen molar-refractivity contribution in [3.05, 3.63) is 83.4 Å². The number of carbonyl (C=O) groups is 2. The van der Waals surface area contributed by atoms with Crippen molar-refractivity contribution in [1.29, 1.82) is 0 Å². The van der Waals surface area contributed by atoms with Gasteiger partial charge in [0.05, 0.1) is 12.7 Å². The third-order valence-corrected chi connectivity index (χ3v) is 4.57. The molecule has 150 valence electrons. The summed E-state index contributed by atoms with van der Waals surface area (Å²) in [6.07, 6.45) is -4.92. The second-order valence-corrected chi connectivity index (χ2v) is 6.43. The Balaban J connectivity index is 1.91. The van der Waals surface area contributed by atoms with E-state index in [4.69, 9.17) is 4.74 Å². The minimum absolute atomic E-state index is 0.103. The Morgan fingerprint density at radius 2 is 1.62 bits per heavy atom. The summed E-state index contributed by atoms with van der Waals surface area (Å²) in [6, 6.07) is 16.0. The van der Waals surface area contributed by atoms with Crippen LogP contribution in [0.25, 0.3) is 10.8 Å². The van der Waals surface area contributed by atoms with Gasteiger partial charge in [-0.25, -0.2) is 4.79 Å². The van der Waals surface area contributed by atoms with Crippen LogP contribution in [0.15, 0.2) is 66.7 Å². The van der Waals surface area contributed by atoms with Crippen molar-refractivity contribution in [2.45, 2.75) is 18.6 Å². The molecule has 0 unspecified atom stereocenters. The third-order valence-electron chi connectivity index (χ3n) is 4.57. The van der Waals surface area contributed by atoms with Crippen LogP contribution in [-0.2, 0) is 22.1 Å². The van der Waals surface area contributed by atoms with Gasteiger partial charge in [0, 0.05) is 12.0 Å². The summed E-state index contributed by atoms with van der Waals surface area (Å²) in [7, 11) is 1.12. The number of methoxy groups -OCH3 is 1. The molecule has 29 heavy (non-hydrogen) atoms. The molecule has 0 saturated carbocycles. The van der Waals surface area contributed by atoms with Gasteiger partial charge in [-0.2, -0.15) is 13.2 Å². The highest BCUT2D eigenvalue weighted by molar-refractivity contribution is 6.08. The van der Waals surface area contributed by atoms with Gasteiger partial charge in [-0.05, 0) is 28.5 Å². The molecule has 4 nitrogen and oxygen atoms in total. The van der Waals surface area contributed by atoms with Crippen LogP contribution in [0.3, 0.4) is 0 Å². The number of carbonyl (C=O) groups excluding carboxylic acids is 2. The summed E-state index contributed by atoms with van der Waals surface area (Å²) in [4.78, 5) is 25.0. The van der Waals surface area contributed by atoms with E-state index >= 15 is 0 Å². The molecule has 0 fully saturated rings. The van der Waals surface area contributed by atoms with Crippen molar-refractivity contribution in [3.63, 3.8) is 0 Å². The van der Waals surface area contributed by atoms with Gasteiger partial charge in [0.1, 0.15) is 6.04 Å². The topological polar surface area (TPSA) is 55.4 Å². The monoisotopic (exact) mass is 401 g/mol. The van der Waals surface area contributed by atoms with E-state index in [9.17, 15) is 22.8 Å². The van der Waals surface area contributed by atoms with Gasteiger partial charge in [0.15, 0.2) is 0 Å². The van der Waals surface area contributed by atoms with Gasteiger partial charge < -0.3 is 10.1 Å². The third kappa shape index (κ3) is 4.56. The van der Waals surface area contributed by atoms with Gasteiger partial charge in [-0.15, -0.1) is 0 Å². The molecule has 1 amide bonds. The number of benzene rings is 3. The highest BCUT2D eigenvalue weighted by Gasteiger charge is 2.34. The predicted octanol–water partition coefficient (Wildman–Crippen LogP) is 4.37. The number of amides is 1. The molecule has 0 spiro atoms. The van der Waals surface area contributed by atoms with Gasteiger partial charge in [-0.3, -0.25) is 4.79 Å². The molecule has 0 heterocycles. The molecule has 0 aliphatic heterocycles. The largest absolute Gasteiger partial charge is 0.467 e. The molecule has 0 aliphatic rings. The summed E-state index contributed by atoms with van der Waals surface area (Å²) in [5, 5.41) is 4.03. The molecule has 1 N–H and O–H groups in total. The van der Waals surface area contributed by atoms with E-state index < -0.39 is 29.7 Å². The minimum atomic E-state index is -4.57. The first-order valence-corrected chi connectivity index (χ1v) is 8.83. The van der Waals surface area contributed by atoms with Crippen molar-refractivity contribution < 1.29 is 27.5 Å². The van der Waals surface area contributed by atoms with E-state index in [1.165, 1.54) is 18.2 Å². The number of ether oxygens (including phenoxy) is 1. The van der Waals surface area contributed by atoms with Crippen LogP contribution in [0.4, 0.5) is 13.2 Å². The fourth-order valence-corrected chi connectivity index (χ4v) is 3.19. The molecule has 3 aromatic carbocycles. The van der Waals surface area contributed by atoms with Crippen molar-refractivity contribution in [1.82, 2.24) is 5.32 Å². The second-order valence-electron chi connectivity index (χ2n) is 6.43. The fourth-order valence-electron chi connectivity index (χ4n) is 3.19. The Hall–Kier alpha value is -3.35. The Kier molecular flexibility index (Phi) is 5.87. The molecule has 3 aromatic rings. The predicted molar refractivity (Wildman–Crippen MR) is 102 cm³/mol. The van der Waals surface area contributed by atoms with Crippen LogP contribution in [0, 0.1) is 0 Å². The number of fused-ring (bicyclic) bond motifs is 1. The van der Waals surface area contributed by atoms with Gasteiger partial charge in [0.25, 0.3) is 5.91 Å². The Morgan fingerprint density at radius 3 is 2.34 bits per heavy atom. The maximum Gasteiger partial charge on any atom is 0.416 e.